The van der Waals surface area contributed by atoms with Crippen molar-refractivity contribution < 1.29 is 13.3 Å². The predicted molar refractivity (Wildman–Crippen MR) is 83.9 cm³/mol. The molecule has 20 heavy (non-hydrogen) atoms. The first kappa shape index (κ1) is 17.3. The third kappa shape index (κ3) is 5.34. The molecule has 0 fully saturated rings. The first-order chi connectivity index (χ1) is 9.79. The van der Waals surface area contributed by atoms with Crippen LogP contribution in [0.25, 0.3) is 0 Å². The quantitative estimate of drug-likeness (QED) is 0.502. The van der Waals surface area contributed by atoms with Crippen molar-refractivity contribution in [3.63, 3.8) is 0 Å². The van der Waals surface area contributed by atoms with Gasteiger partial charge in [0.2, 0.25) is 0 Å². The molecule has 4 nitrogen and oxygen atoms in total. The number of unbranched alkanes of at least 4 members (excludes halogenated alkanes) is 2. The van der Waals surface area contributed by atoms with E-state index in [-0.39, 0.29) is 0 Å². The Morgan fingerprint density at radius 1 is 0.900 bits per heavy atom. The van der Waals surface area contributed by atoms with Gasteiger partial charge in [0.25, 0.3) is 0 Å². The van der Waals surface area contributed by atoms with Crippen LogP contribution in [-0.2, 0) is 13.3 Å². The minimum atomic E-state index is -2.76. The molecule has 0 atom stereocenters. The van der Waals surface area contributed by atoms with Crippen LogP contribution in [0.1, 0.15) is 33.1 Å². The summed E-state index contributed by atoms with van der Waals surface area (Å²) in [6.07, 6.45) is 3.10. The molecule has 0 saturated heterocycles. The van der Waals surface area contributed by atoms with E-state index in [1.54, 1.807) is 0 Å². The molecule has 0 saturated carbocycles. The molecule has 0 heterocycles. The Morgan fingerprint density at radius 3 is 2.10 bits per heavy atom. The first-order valence-electron chi connectivity index (χ1n) is 7.46. The molecule has 2 N–H and O–H groups in total. The van der Waals surface area contributed by atoms with Crippen LogP contribution < -0.4 is 10.9 Å². The minimum absolute atomic E-state index is 0.587. The van der Waals surface area contributed by atoms with Gasteiger partial charge in [-0.2, -0.15) is 0 Å². The second-order valence-corrected chi connectivity index (χ2v) is 7.04. The molecule has 114 valence electrons. The van der Waals surface area contributed by atoms with Crippen molar-refractivity contribution in [2.45, 2.75) is 33.1 Å². The minimum Gasteiger partial charge on any atom is -0.370 e. The fraction of sp³-hybridized carbons (Fsp3) is 0.600. The van der Waals surface area contributed by atoms with Gasteiger partial charge in [-0.05, 0) is 39.7 Å². The molecular weight excluding hydrogens is 270 g/mol. The summed E-state index contributed by atoms with van der Waals surface area (Å²) in [4.78, 5) is 0. The SMILES string of the molecule is CCO[Si](OCC)(OCCCCCN)c1ccccc1. The molecule has 0 aliphatic rings. The van der Waals surface area contributed by atoms with Crippen molar-refractivity contribution >= 4 is 14.0 Å². The molecule has 0 radical (unpaired) electrons. The summed E-state index contributed by atoms with van der Waals surface area (Å²) in [6, 6.07) is 10.0. The van der Waals surface area contributed by atoms with Crippen molar-refractivity contribution in [3.05, 3.63) is 30.3 Å². The summed E-state index contributed by atoms with van der Waals surface area (Å²) >= 11 is 0. The number of hydrogen-bond donors (Lipinski definition) is 1. The summed E-state index contributed by atoms with van der Waals surface area (Å²) in [7, 11) is -2.76. The largest absolute Gasteiger partial charge is 0.537 e. The Labute approximate surface area is 123 Å². The Kier molecular flexibility index (Phi) is 8.72. The van der Waals surface area contributed by atoms with Crippen molar-refractivity contribution in [1.29, 1.82) is 0 Å². The van der Waals surface area contributed by atoms with E-state index >= 15 is 0 Å². The van der Waals surface area contributed by atoms with Gasteiger partial charge in [0, 0.05) is 25.0 Å². The van der Waals surface area contributed by atoms with Gasteiger partial charge in [-0.1, -0.05) is 30.3 Å². The zero-order valence-electron chi connectivity index (χ0n) is 12.6. The van der Waals surface area contributed by atoms with E-state index in [4.69, 9.17) is 19.0 Å². The summed E-state index contributed by atoms with van der Waals surface area (Å²) in [6.45, 7) is 6.51. The summed E-state index contributed by atoms with van der Waals surface area (Å²) in [5.41, 5.74) is 5.50. The topological polar surface area (TPSA) is 53.7 Å². The highest BCUT2D eigenvalue weighted by atomic mass is 28.4. The molecule has 0 aromatic heterocycles. The van der Waals surface area contributed by atoms with E-state index in [0.29, 0.717) is 19.8 Å². The van der Waals surface area contributed by atoms with Gasteiger partial charge >= 0.3 is 8.80 Å². The lowest BCUT2D eigenvalue weighted by atomic mass is 10.2. The average molecular weight is 297 g/mol. The summed E-state index contributed by atoms with van der Waals surface area (Å²) in [5, 5.41) is 1.03. The van der Waals surface area contributed by atoms with Crippen LogP contribution in [-0.4, -0.2) is 35.2 Å². The Bertz CT molecular complexity index is 342. The molecule has 1 rings (SSSR count). The van der Waals surface area contributed by atoms with E-state index in [1.165, 1.54) is 0 Å². The fourth-order valence-corrected chi connectivity index (χ4v) is 4.55. The monoisotopic (exact) mass is 297 g/mol. The van der Waals surface area contributed by atoms with Crippen LogP contribution >= 0.6 is 0 Å². The maximum atomic E-state index is 6.10. The Balaban J connectivity index is 2.72. The molecule has 0 bridgehead atoms. The number of nitrogens with two attached hydrogens (primary N) is 1. The highest BCUT2D eigenvalue weighted by Crippen LogP contribution is 2.12. The molecule has 5 heteroatoms. The van der Waals surface area contributed by atoms with Gasteiger partial charge in [0.1, 0.15) is 0 Å². The standard InChI is InChI=1S/C15H27NO3Si/c1-3-17-20(18-4-2,15-11-7-5-8-12-15)19-14-10-6-9-13-16/h5,7-8,11-12H,3-4,6,9-10,13-14,16H2,1-2H3. The molecular formula is C15H27NO3Si. The fourth-order valence-electron chi connectivity index (χ4n) is 2.03. The zero-order chi connectivity index (χ0) is 14.7. The van der Waals surface area contributed by atoms with Gasteiger partial charge in [0.15, 0.2) is 0 Å². The van der Waals surface area contributed by atoms with E-state index in [0.717, 1.165) is 31.0 Å². The number of rotatable bonds is 11. The van der Waals surface area contributed by atoms with Gasteiger partial charge < -0.3 is 19.0 Å². The van der Waals surface area contributed by atoms with Gasteiger partial charge in [-0.25, -0.2) is 0 Å². The van der Waals surface area contributed by atoms with Gasteiger partial charge in [-0.15, -0.1) is 0 Å². The van der Waals surface area contributed by atoms with Crippen LogP contribution in [0.2, 0.25) is 0 Å². The molecule has 0 unspecified atom stereocenters. The van der Waals surface area contributed by atoms with Crippen molar-refractivity contribution in [1.82, 2.24) is 0 Å². The lowest BCUT2D eigenvalue weighted by molar-refractivity contribution is 0.0799. The molecule has 0 aliphatic heterocycles. The van der Waals surface area contributed by atoms with E-state index < -0.39 is 8.80 Å². The Morgan fingerprint density at radius 2 is 1.55 bits per heavy atom. The third-order valence-electron chi connectivity index (χ3n) is 2.94. The zero-order valence-corrected chi connectivity index (χ0v) is 13.6. The predicted octanol–water partition coefficient (Wildman–Crippen LogP) is 2.05. The maximum absolute atomic E-state index is 6.10. The van der Waals surface area contributed by atoms with Gasteiger partial charge in [-0.3, -0.25) is 0 Å². The second-order valence-electron chi connectivity index (χ2n) is 4.49. The normalized spacial score (nSPS) is 11.8. The van der Waals surface area contributed by atoms with E-state index in [2.05, 4.69) is 0 Å². The van der Waals surface area contributed by atoms with Gasteiger partial charge in [0.05, 0.1) is 0 Å². The van der Waals surface area contributed by atoms with Crippen molar-refractivity contribution in [2.75, 3.05) is 26.4 Å². The smallest absolute Gasteiger partial charge is 0.370 e. The van der Waals surface area contributed by atoms with E-state index in [1.807, 2.05) is 44.2 Å². The number of benzene rings is 1. The van der Waals surface area contributed by atoms with Crippen LogP contribution in [0.4, 0.5) is 0 Å². The average Bonchev–Trinajstić information content (AvgIpc) is 2.48. The summed E-state index contributed by atoms with van der Waals surface area (Å²) in [5.74, 6) is 0. The van der Waals surface area contributed by atoms with E-state index in [9.17, 15) is 0 Å². The molecule has 0 amide bonds. The first-order valence-corrected chi connectivity index (χ1v) is 9.19. The lowest BCUT2D eigenvalue weighted by Gasteiger charge is -2.29. The lowest BCUT2D eigenvalue weighted by Crippen LogP contribution is -2.57. The van der Waals surface area contributed by atoms with Crippen molar-refractivity contribution in [2.24, 2.45) is 5.73 Å². The molecule has 0 spiro atoms. The van der Waals surface area contributed by atoms with Crippen LogP contribution in [0, 0.1) is 0 Å². The molecule has 1 aromatic rings. The maximum Gasteiger partial charge on any atom is 0.537 e. The molecule has 1 aromatic carbocycles. The van der Waals surface area contributed by atoms with Crippen LogP contribution in [0.15, 0.2) is 30.3 Å². The summed E-state index contributed by atoms with van der Waals surface area (Å²) < 4.78 is 18.0. The Hall–Kier alpha value is -0.723. The highest BCUT2D eigenvalue weighted by molar-refractivity contribution is 6.75. The number of hydrogen-bond acceptors (Lipinski definition) is 4. The molecule has 0 aliphatic carbocycles. The highest BCUT2D eigenvalue weighted by Gasteiger charge is 2.43. The van der Waals surface area contributed by atoms with Crippen LogP contribution in [0.3, 0.4) is 0 Å². The van der Waals surface area contributed by atoms with Crippen molar-refractivity contribution in [3.8, 4) is 0 Å². The third-order valence-corrected chi connectivity index (χ3v) is 5.90. The second kappa shape index (κ2) is 10.1. The van der Waals surface area contributed by atoms with Crippen LogP contribution in [0.5, 0.6) is 0 Å².